The van der Waals surface area contributed by atoms with E-state index in [1.54, 1.807) is 0 Å². The van der Waals surface area contributed by atoms with Gasteiger partial charge in [-0.05, 0) is 55.9 Å². The molecule has 5 heteroatoms. The molecule has 0 aromatic heterocycles. The van der Waals surface area contributed by atoms with Crippen LogP contribution in [-0.4, -0.2) is 33.4 Å². The Hall–Kier alpha value is -0.680. The lowest BCUT2D eigenvalue weighted by molar-refractivity contribution is -0.132. The molecule has 3 unspecified atom stereocenters. The van der Waals surface area contributed by atoms with E-state index < -0.39 is 10.8 Å². The van der Waals surface area contributed by atoms with Gasteiger partial charge in [-0.2, -0.15) is 0 Å². The van der Waals surface area contributed by atoms with Crippen LogP contribution in [0.3, 0.4) is 0 Å². The van der Waals surface area contributed by atoms with Crippen molar-refractivity contribution in [2.24, 2.45) is 5.92 Å². The molecule has 1 aromatic rings. The Balaban J connectivity index is 1.46. The van der Waals surface area contributed by atoms with E-state index in [0.717, 1.165) is 21.8 Å². The van der Waals surface area contributed by atoms with Crippen LogP contribution in [-0.2, 0) is 15.6 Å². The normalized spacial score (nSPS) is 25.2. The maximum Gasteiger partial charge on any atom is 0.222 e. The van der Waals surface area contributed by atoms with E-state index in [1.165, 1.54) is 32.1 Å². The molecule has 1 aliphatic carbocycles. The highest BCUT2D eigenvalue weighted by Crippen LogP contribution is 2.36. The monoisotopic (exact) mass is 397 g/mol. The number of rotatable bonds is 5. The zero-order chi connectivity index (χ0) is 16.2. The number of halogens is 1. The predicted molar refractivity (Wildman–Crippen MR) is 96.7 cm³/mol. The summed E-state index contributed by atoms with van der Waals surface area (Å²) in [7, 11) is -1.01. The van der Waals surface area contributed by atoms with Crippen molar-refractivity contribution >= 4 is 32.6 Å². The molecule has 1 saturated heterocycles. The molecule has 3 nitrogen and oxygen atoms in total. The Bertz CT molecular complexity index is 575. The summed E-state index contributed by atoms with van der Waals surface area (Å²) in [4.78, 5) is 15.4. The van der Waals surface area contributed by atoms with Gasteiger partial charge in [-0.1, -0.05) is 28.8 Å². The van der Waals surface area contributed by atoms with Crippen molar-refractivity contribution < 1.29 is 9.00 Å². The molecular weight excluding hydrogens is 374 g/mol. The van der Waals surface area contributed by atoms with E-state index in [4.69, 9.17) is 0 Å². The molecule has 0 radical (unpaired) electrons. The van der Waals surface area contributed by atoms with Gasteiger partial charge in [0, 0.05) is 34.1 Å². The maximum atomic E-state index is 12.5. The van der Waals surface area contributed by atoms with Crippen molar-refractivity contribution in [3.63, 3.8) is 0 Å². The van der Waals surface area contributed by atoms with Crippen LogP contribution in [0.5, 0.6) is 0 Å². The van der Waals surface area contributed by atoms with Crippen LogP contribution in [0.4, 0.5) is 0 Å². The number of amides is 1. The van der Waals surface area contributed by atoms with E-state index in [-0.39, 0.29) is 5.91 Å². The SMILES string of the molecule is O=C(CCCS(=O)c1ccc(Br)cc1)N1CCC2CCCCC21. The second-order valence-corrected chi connectivity index (χ2v) is 9.08. The zero-order valence-corrected chi connectivity index (χ0v) is 15.8. The number of likely N-dealkylation sites (tertiary alicyclic amines) is 1. The molecule has 1 heterocycles. The molecule has 23 heavy (non-hydrogen) atoms. The fraction of sp³-hybridized carbons (Fsp3) is 0.611. The number of hydrogen-bond donors (Lipinski definition) is 0. The molecule has 0 N–H and O–H groups in total. The van der Waals surface area contributed by atoms with Gasteiger partial charge in [0.15, 0.2) is 0 Å². The summed E-state index contributed by atoms with van der Waals surface area (Å²) in [6.07, 6.45) is 7.49. The van der Waals surface area contributed by atoms with Crippen LogP contribution in [0.25, 0.3) is 0 Å². The lowest BCUT2D eigenvalue weighted by atomic mass is 9.85. The Morgan fingerprint density at radius 2 is 1.91 bits per heavy atom. The third-order valence-corrected chi connectivity index (χ3v) is 7.11. The van der Waals surface area contributed by atoms with Gasteiger partial charge in [0.2, 0.25) is 5.91 Å². The summed E-state index contributed by atoms with van der Waals surface area (Å²) in [6, 6.07) is 8.08. The highest BCUT2D eigenvalue weighted by molar-refractivity contribution is 9.10. The van der Waals surface area contributed by atoms with Crippen molar-refractivity contribution in [3.05, 3.63) is 28.7 Å². The molecule has 1 amide bonds. The van der Waals surface area contributed by atoms with Gasteiger partial charge in [0.25, 0.3) is 0 Å². The summed E-state index contributed by atoms with van der Waals surface area (Å²) in [5.74, 6) is 1.58. The molecule has 0 spiro atoms. The third-order valence-electron chi connectivity index (χ3n) is 5.13. The number of benzene rings is 1. The summed E-state index contributed by atoms with van der Waals surface area (Å²) >= 11 is 3.38. The van der Waals surface area contributed by atoms with Crippen molar-refractivity contribution in [2.45, 2.75) is 55.9 Å². The van der Waals surface area contributed by atoms with E-state index in [9.17, 15) is 9.00 Å². The minimum Gasteiger partial charge on any atom is -0.339 e. The van der Waals surface area contributed by atoms with E-state index in [0.29, 0.717) is 24.6 Å². The molecule has 1 aliphatic heterocycles. The van der Waals surface area contributed by atoms with Crippen LogP contribution >= 0.6 is 15.9 Å². The minimum absolute atomic E-state index is 0.271. The first-order valence-corrected chi connectivity index (χ1v) is 10.7. The number of fused-ring (bicyclic) bond motifs is 1. The van der Waals surface area contributed by atoms with Crippen LogP contribution in [0.15, 0.2) is 33.6 Å². The second-order valence-electron chi connectivity index (χ2n) is 6.59. The largest absolute Gasteiger partial charge is 0.339 e. The average Bonchev–Trinajstić information content (AvgIpc) is 2.99. The molecule has 3 atom stereocenters. The highest BCUT2D eigenvalue weighted by atomic mass is 79.9. The molecule has 0 bridgehead atoms. The van der Waals surface area contributed by atoms with Gasteiger partial charge in [0.05, 0.1) is 10.8 Å². The van der Waals surface area contributed by atoms with E-state index in [1.807, 2.05) is 24.3 Å². The summed E-state index contributed by atoms with van der Waals surface area (Å²) in [5, 5.41) is 0. The molecule has 126 valence electrons. The fourth-order valence-electron chi connectivity index (χ4n) is 3.92. The zero-order valence-electron chi connectivity index (χ0n) is 13.4. The molecule has 3 rings (SSSR count). The summed E-state index contributed by atoms with van der Waals surface area (Å²) < 4.78 is 13.2. The maximum absolute atomic E-state index is 12.5. The molecule has 1 saturated carbocycles. The fourth-order valence-corrected chi connectivity index (χ4v) is 5.26. The lowest BCUT2D eigenvalue weighted by Gasteiger charge is -2.31. The smallest absolute Gasteiger partial charge is 0.222 e. The molecule has 1 aromatic carbocycles. The number of nitrogens with zero attached hydrogens (tertiary/aromatic N) is 1. The highest BCUT2D eigenvalue weighted by Gasteiger charge is 2.37. The first kappa shape index (κ1) is 17.2. The van der Waals surface area contributed by atoms with Crippen molar-refractivity contribution in [3.8, 4) is 0 Å². The van der Waals surface area contributed by atoms with Gasteiger partial charge in [-0.3, -0.25) is 9.00 Å². The number of hydrogen-bond acceptors (Lipinski definition) is 2. The second kappa shape index (κ2) is 7.93. The van der Waals surface area contributed by atoms with Crippen molar-refractivity contribution in [1.29, 1.82) is 0 Å². The molecule has 2 fully saturated rings. The topological polar surface area (TPSA) is 37.4 Å². The van der Waals surface area contributed by atoms with Crippen molar-refractivity contribution in [1.82, 2.24) is 4.90 Å². The number of carbonyl (C=O) groups excluding carboxylic acids is 1. The van der Waals surface area contributed by atoms with Crippen molar-refractivity contribution in [2.75, 3.05) is 12.3 Å². The summed E-state index contributed by atoms with van der Waals surface area (Å²) in [5.41, 5.74) is 0. The van der Waals surface area contributed by atoms with Crippen LogP contribution in [0, 0.1) is 5.92 Å². The quantitative estimate of drug-likeness (QED) is 0.748. The third kappa shape index (κ3) is 4.24. The van der Waals surface area contributed by atoms with Crippen LogP contribution in [0.1, 0.15) is 44.9 Å². The molecular formula is C18H24BrNO2S. The standard InChI is InChI=1S/C18H24BrNO2S/c19-15-7-9-16(10-8-15)23(22)13-3-6-18(21)20-12-11-14-4-1-2-5-17(14)20/h7-10,14,17H,1-6,11-13H2. The van der Waals surface area contributed by atoms with Gasteiger partial charge in [0.1, 0.15) is 0 Å². The van der Waals surface area contributed by atoms with Gasteiger partial charge >= 0.3 is 0 Å². The Labute approximate surface area is 149 Å². The molecule has 2 aliphatic rings. The van der Waals surface area contributed by atoms with Gasteiger partial charge < -0.3 is 4.90 Å². The minimum atomic E-state index is -1.01. The Morgan fingerprint density at radius 1 is 1.17 bits per heavy atom. The van der Waals surface area contributed by atoms with Crippen LogP contribution < -0.4 is 0 Å². The first-order chi connectivity index (χ1) is 11.1. The van der Waals surface area contributed by atoms with E-state index >= 15 is 0 Å². The van der Waals surface area contributed by atoms with E-state index in [2.05, 4.69) is 20.8 Å². The number of carbonyl (C=O) groups is 1. The Morgan fingerprint density at radius 3 is 2.70 bits per heavy atom. The Kier molecular flexibility index (Phi) is 5.91. The van der Waals surface area contributed by atoms with Gasteiger partial charge in [-0.15, -0.1) is 0 Å². The van der Waals surface area contributed by atoms with Crippen LogP contribution in [0.2, 0.25) is 0 Å². The first-order valence-electron chi connectivity index (χ1n) is 8.58. The average molecular weight is 398 g/mol. The van der Waals surface area contributed by atoms with Gasteiger partial charge in [-0.25, -0.2) is 0 Å². The summed E-state index contributed by atoms with van der Waals surface area (Å²) in [6.45, 7) is 0.934. The lowest BCUT2D eigenvalue weighted by Crippen LogP contribution is -2.39. The predicted octanol–water partition coefficient (Wildman–Crippen LogP) is 4.13.